The van der Waals surface area contributed by atoms with E-state index in [9.17, 15) is 4.39 Å². The van der Waals surface area contributed by atoms with E-state index in [1.54, 1.807) is 20.1 Å². The molecule has 0 spiro atoms. The first-order valence-electron chi connectivity index (χ1n) is 5.24. The van der Waals surface area contributed by atoms with E-state index in [0.717, 1.165) is 11.1 Å². The van der Waals surface area contributed by atoms with E-state index in [-0.39, 0.29) is 0 Å². The van der Waals surface area contributed by atoms with Crippen molar-refractivity contribution < 1.29 is 4.39 Å². The van der Waals surface area contributed by atoms with Crippen LogP contribution in [0.3, 0.4) is 0 Å². The molecule has 0 aliphatic heterocycles. The molecule has 1 aromatic rings. The third-order valence-corrected chi connectivity index (χ3v) is 2.15. The second-order valence-electron chi connectivity index (χ2n) is 3.66. The summed E-state index contributed by atoms with van der Waals surface area (Å²) in [5.74, 6) is -0.421. The normalized spacial score (nSPS) is 11.9. The molecule has 1 nitrogen and oxygen atoms in total. The van der Waals surface area contributed by atoms with Crippen molar-refractivity contribution in [2.24, 2.45) is 4.99 Å². The van der Waals surface area contributed by atoms with E-state index in [0.29, 0.717) is 5.57 Å². The molecule has 1 rings (SSSR count). The van der Waals surface area contributed by atoms with Crippen LogP contribution in [-0.4, -0.2) is 6.21 Å². The summed E-state index contributed by atoms with van der Waals surface area (Å²) in [6.07, 6.45) is 3.47. The van der Waals surface area contributed by atoms with Gasteiger partial charge in [0.05, 0.1) is 0 Å². The lowest BCUT2D eigenvalue weighted by Gasteiger charge is -2.00. The molecule has 0 aliphatic carbocycles. The van der Waals surface area contributed by atoms with Crippen molar-refractivity contribution in [3.05, 3.63) is 53.5 Å². The van der Waals surface area contributed by atoms with Crippen molar-refractivity contribution >= 4 is 11.8 Å². The van der Waals surface area contributed by atoms with Gasteiger partial charge in [-0.05, 0) is 37.5 Å². The molecular weight excluding hydrogens is 201 g/mol. The van der Waals surface area contributed by atoms with Gasteiger partial charge in [-0.25, -0.2) is 4.99 Å². The van der Waals surface area contributed by atoms with E-state index in [4.69, 9.17) is 0 Å². The molecule has 0 aliphatic rings. The molecule has 0 radical (unpaired) electrons. The second-order valence-corrected chi connectivity index (χ2v) is 3.66. The highest BCUT2D eigenvalue weighted by atomic mass is 19.1. The topological polar surface area (TPSA) is 12.4 Å². The van der Waals surface area contributed by atoms with Gasteiger partial charge in [-0.1, -0.05) is 36.4 Å². The van der Waals surface area contributed by atoms with Crippen molar-refractivity contribution in [1.82, 2.24) is 0 Å². The molecule has 0 amide bonds. The second kappa shape index (κ2) is 6.01. The van der Waals surface area contributed by atoms with E-state index in [1.807, 2.05) is 43.3 Å². The van der Waals surface area contributed by atoms with Gasteiger partial charge in [0.15, 0.2) is 0 Å². The Balaban J connectivity index is 2.92. The fraction of sp³-hybridized carbons (Fsp3) is 0.214. The third-order valence-electron chi connectivity index (χ3n) is 2.15. The zero-order valence-electron chi connectivity index (χ0n) is 9.87. The van der Waals surface area contributed by atoms with Crippen LogP contribution in [0.2, 0.25) is 0 Å². The van der Waals surface area contributed by atoms with Crippen LogP contribution in [0.5, 0.6) is 0 Å². The van der Waals surface area contributed by atoms with E-state index >= 15 is 0 Å². The van der Waals surface area contributed by atoms with Crippen molar-refractivity contribution in [2.75, 3.05) is 0 Å². The van der Waals surface area contributed by atoms with Gasteiger partial charge in [0.2, 0.25) is 5.95 Å². The summed E-state index contributed by atoms with van der Waals surface area (Å²) in [5.41, 5.74) is 2.53. The van der Waals surface area contributed by atoms with Crippen molar-refractivity contribution in [2.45, 2.75) is 20.8 Å². The first-order valence-corrected chi connectivity index (χ1v) is 5.24. The van der Waals surface area contributed by atoms with Gasteiger partial charge < -0.3 is 0 Å². The average Bonchev–Trinajstić information content (AvgIpc) is 2.30. The van der Waals surface area contributed by atoms with Crippen molar-refractivity contribution in [3.63, 3.8) is 0 Å². The minimum absolute atomic E-state index is 0.421. The number of benzene rings is 1. The average molecular weight is 217 g/mol. The lowest BCUT2D eigenvalue weighted by molar-refractivity contribution is 0.617. The summed E-state index contributed by atoms with van der Waals surface area (Å²) in [4.78, 5) is 3.79. The first kappa shape index (κ1) is 12.4. The van der Waals surface area contributed by atoms with E-state index in [1.165, 1.54) is 0 Å². The lowest BCUT2D eigenvalue weighted by Crippen LogP contribution is -1.85. The Morgan fingerprint density at radius 3 is 2.31 bits per heavy atom. The molecule has 2 heteroatoms. The molecule has 16 heavy (non-hydrogen) atoms. The number of halogens is 1. The minimum Gasteiger partial charge on any atom is -0.228 e. The van der Waals surface area contributed by atoms with Crippen LogP contribution < -0.4 is 0 Å². The highest BCUT2D eigenvalue weighted by Crippen LogP contribution is 2.13. The van der Waals surface area contributed by atoms with Crippen LogP contribution in [0.1, 0.15) is 26.3 Å². The number of aliphatic imine (C=N–C) groups is 1. The Bertz CT molecular complexity index is 423. The Hall–Kier alpha value is -1.70. The Morgan fingerprint density at radius 1 is 1.19 bits per heavy atom. The summed E-state index contributed by atoms with van der Waals surface area (Å²) in [6, 6.07) is 9.79. The maximum Gasteiger partial charge on any atom is 0.211 e. The molecule has 0 saturated heterocycles. The SMILES string of the molecule is C/C=C(\C=N/C(F)=C(C)C)c1ccccc1. The van der Waals surface area contributed by atoms with Crippen LogP contribution in [0.15, 0.2) is 52.9 Å². The summed E-state index contributed by atoms with van der Waals surface area (Å²) < 4.78 is 13.2. The standard InChI is InChI=1S/C14H16FN/c1-4-12(10-16-14(15)11(2)3)13-8-6-5-7-9-13/h4-10H,1-3H3/b12-4+,16-10-. The van der Waals surface area contributed by atoms with Gasteiger partial charge in [0.25, 0.3) is 0 Å². The summed E-state index contributed by atoms with van der Waals surface area (Å²) in [5, 5.41) is 0. The molecular formula is C14H16FN. The number of allylic oxidation sites excluding steroid dienone is 3. The number of rotatable bonds is 3. The third kappa shape index (κ3) is 3.46. The van der Waals surface area contributed by atoms with Gasteiger partial charge in [-0.2, -0.15) is 4.39 Å². The van der Waals surface area contributed by atoms with Crippen LogP contribution >= 0.6 is 0 Å². The molecule has 0 heterocycles. The van der Waals surface area contributed by atoms with Gasteiger partial charge >= 0.3 is 0 Å². The van der Waals surface area contributed by atoms with Crippen LogP contribution in [0, 0.1) is 0 Å². The number of hydrogen-bond donors (Lipinski definition) is 0. The number of hydrogen-bond acceptors (Lipinski definition) is 1. The predicted octanol–water partition coefficient (Wildman–Crippen LogP) is 4.38. The van der Waals surface area contributed by atoms with Crippen LogP contribution in [0.25, 0.3) is 5.57 Å². The molecule has 0 saturated carbocycles. The van der Waals surface area contributed by atoms with Crippen molar-refractivity contribution in [3.8, 4) is 0 Å². The first-order chi connectivity index (χ1) is 7.65. The molecule has 0 unspecified atom stereocenters. The fourth-order valence-electron chi connectivity index (χ4n) is 1.20. The Morgan fingerprint density at radius 2 is 1.81 bits per heavy atom. The highest BCUT2D eigenvalue weighted by molar-refractivity contribution is 6.09. The van der Waals surface area contributed by atoms with Gasteiger partial charge in [0.1, 0.15) is 0 Å². The van der Waals surface area contributed by atoms with Gasteiger partial charge in [-0.15, -0.1) is 0 Å². The molecule has 1 aromatic carbocycles. The quantitative estimate of drug-likeness (QED) is 0.526. The Labute approximate surface area is 96.0 Å². The lowest BCUT2D eigenvalue weighted by atomic mass is 10.1. The maximum atomic E-state index is 13.2. The summed E-state index contributed by atoms with van der Waals surface area (Å²) >= 11 is 0. The van der Waals surface area contributed by atoms with Crippen LogP contribution in [-0.2, 0) is 0 Å². The largest absolute Gasteiger partial charge is 0.228 e. The molecule has 0 aromatic heterocycles. The fourth-order valence-corrected chi connectivity index (χ4v) is 1.20. The van der Waals surface area contributed by atoms with Crippen LogP contribution in [0.4, 0.5) is 4.39 Å². The van der Waals surface area contributed by atoms with Crippen molar-refractivity contribution in [1.29, 1.82) is 0 Å². The zero-order valence-corrected chi connectivity index (χ0v) is 9.87. The van der Waals surface area contributed by atoms with Gasteiger partial charge in [-0.3, -0.25) is 0 Å². The zero-order chi connectivity index (χ0) is 12.0. The summed E-state index contributed by atoms with van der Waals surface area (Å²) in [7, 11) is 0. The number of nitrogens with zero attached hydrogens (tertiary/aromatic N) is 1. The molecule has 0 bridgehead atoms. The van der Waals surface area contributed by atoms with E-state index < -0.39 is 5.95 Å². The van der Waals surface area contributed by atoms with E-state index in [2.05, 4.69) is 4.99 Å². The maximum absolute atomic E-state index is 13.2. The Kier molecular flexibility index (Phi) is 4.65. The molecule has 0 fully saturated rings. The smallest absolute Gasteiger partial charge is 0.211 e. The summed E-state index contributed by atoms with van der Waals surface area (Å²) in [6.45, 7) is 5.31. The minimum atomic E-state index is -0.421. The van der Waals surface area contributed by atoms with Gasteiger partial charge in [0, 0.05) is 6.21 Å². The molecule has 0 atom stereocenters. The molecule has 0 N–H and O–H groups in total. The highest BCUT2D eigenvalue weighted by Gasteiger charge is 1.97. The predicted molar refractivity (Wildman–Crippen MR) is 68.1 cm³/mol. The monoisotopic (exact) mass is 217 g/mol. The molecule has 84 valence electrons.